The van der Waals surface area contributed by atoms with Crippen LogP contribution in [-0.4, -0.2) is 61.9 Å². The van der Waals surface area contributed by atoms with Crippen LogP contribution in [0.1, 0.15) is 220 Å². The molecule has 0 aliphatic rings. The van der Waals surface area contributed by atoms with E-state index in [4.69, 9.17) is 14.6 Å². The minimum atomic E-state index is 0.00876. The molecule has 2 atom stereocenters. The van der Waals surface area contributed by atoms with Crippen LogP contribution >= 0.6 is 0 Å². The van der Waals surface area contributed by atoms with Gasteiger partial charge in [0.25, 0.3) is 0 Å². The van der Waals surface area contributed by atoms with E-state index < -0.39 is 0 Å². The molecule has 6 nitrogen and oxygen atoms in total. The molecule has 0 aliphatic carbocycles. The first-order valence-electron chi connectivity index (χ1n) is 22.6. The summed E-state index contributed by atoms with van der Waals surface area (Å²) >= 11 is 0. The Morgan fingerprint density at radius 3 is 1.20 bits per heavy atom. The molecular weight excluding hydrogens is 634 g/mol. The van der Waals surface area contributed by atoms with Crippen molar-refractivity contribution in [3.63, 3.8) is 0 Å². The molecule has 0 radical (unpaired) electrons. The van der Waals surface area contributed by atoms with Gasteiger partial charge in [-0.25, -0.2) is 0 Å². The zero-order valence-electron chi connectivity index (χ0n) is 35.0. The highest BCUT2D eigenvalue weighted by Crippen LogP contribution is 2.24. The van der Waals surface area contributed by atoms with Gasteiger partial charge in [0.15, 0.2) is 0 Å². The fourth-order valence-electron chi connectivity index (χ4n) is 7.31. The van der Waals surface area contributed by atoms with Crippen LogP contribution in [-0.2, 0) is 19.1 Å². The Morgan fingerprint density at radius 1 is 0.451 bits per heavy atom. The first kappa shape index (κ1) is 49.9. The average molecular weight is 724 g/mol. The van der Waals surface area contributed by atoms with Gasteiger partial charge in [0.2, 0.25) is 0 Å². The number of aliphatic hydroxyl groups excluding tert-OH is 1. The summed E-state index contributed by atoms with van der Waals surface area (Å²) in [6, 6.07) is 0. The third kappa shape index (κ3) is 32.0. The molecule has 0 spiro atoms. The van der Waals surface area contributed by atoms with Crippen LogP contribution in [0.4, 0.5) is 0 Å². The molecule has 6 heteroatoms. The van der Waals surface area contributed by atoms with Crippen molar-refractivity contribution < 1.29 is 24.2 Å². The van der Waals surface area contributed by atoms with Crippen molar-refractivity contribution in [3.8, 4) is 0 Å². The Balaban J connectivity index is 5.15. The number of ether oxygens (including phenoxy) is 2. The second-order valence-electron chi connectivity index (χ2n) is 15.9. The molecule has 1 N–H and O–H groups in total. The van der Waals surface area contributed by atoms with E-state index in [-0.39, 0.29) is 30.4 Å². The van der Waals surface area contributed by atoms with Crippen LogP contribution < -0.4 is 0 Å². The van der Waals surface area contributed by atoms with E-state index in [0.29, 0.717) is 19.1 Å². The Bertz CT molecular complexity index is 696. The number of unbranched alkanes of at least 4 members (excludes halogenated alkanes) is 17. The van der Waals surface area contributed by atoms with Gasteiger partial charge in [-0.3, -0.25) is 9.59 Å². The lowest BCUT2D eigenvalue weighted by Crippen LogP contribution is -2.23. The van der Waals surface area contributed by atoms with Gasteiger partial charge in [0.05, 0.1) is 25.0 Å². The molecule has 2 unspecified atom stereocenters. The molecule has 0 bridgehead atoms. The molecule has 0 aromatic rings. The summed E-state index contributed by atoms with van der Waals surface area (Å²) in [4.78, 5) is 29.0. The van der Waals surface area contributed by atoms with Crippen molar-refractivity contribution in [1.82, 2.24) is 4.90 Å². The molecule has 0 saturated heterocycles. The van der Waals surface area contributed by atoms with Crippen molar-refractivity contribution in [2.75, 3.05) is 40.0 Å². The Hall–Kier alpha value is -1.14. The minimum absolute atomic E-state index is 0.00876. The zero-order chi connectivity index (χ0) is 37.6. The number of rotatable bonds is 40. The van der Waals surface area contributed by atoms with E-state index in [0.717, 1.165) is 103 Å². The van der Waals surface area contributed by atoms with Crippen LogP contribution in [0.15, 0.2) is 0 Å². The fraction of sp³-hybridized carbons (Fsp3) is 0.956. The highest BCUT2D eigenvalue weighted by molar-refractivity contribution is 5.72. The molecule has 0 aromatic carbocycles. The van der Waals surface area contributed by atoms with E-state index in [9.17, 15) is 9.59 Å². The van der Waals surface area contributed by atoms with Gasteiger partial charge in [0, 0.05) is 6.61 Å². The van der Waals surface area contributed by atoms with Crippen LogP contribution in [0, 0.1) is 17.8 Å². The quantitative estimate of drug-likeness (QED) is 0.0501. The minimum Gasteiger partial charge on any atom is -0.465 e. The number of carbonyl (C=O) groups excluding carboxylic acids is 2. The summed E-state index contributed by atoms with van der Waals surface area (Å²) < 4.78 is 12.0. The normalized spacial score (nSPS) is 13.4. The SMILES string of the molecule is CCCCCCCCC(CCCCCC)C(=O)OCCC(CCCN(C)CCCCO)CCOC(=O)C(CCCCCC)CCCCCCCC. The van der Waals surface area contributed by atoms with Crippen LogP contribution in [0.5, 0.6) is 0 Å². The zero-order valence-corrected chi connectivity index (χ0v) is 35.0. The molecule has 51 heavy (non-hydrogen) atoms. The predicted octanol–water partition coefficient (Wildman–Crippen LogP) is 12.6. The maximum atomic E-state index is 13.3. The lowest BCUT2D eigenvalue weighted by atomic mass is 9.94. The van der Waals surface area contributed by atoms with Crippen LogP contribution in [0.2, 0.25) is 0 Å². The Labute approximate surface area is 318 Å². The van der Waals surface area contributed by atoms with Crippen molar-refractivity contribution in [1.29, 1.82) is 0 Å². The molecule has 0 rings (SSSR count). The Morgan fingerprint density at radius 2 is 0.804 bits per heavy atom. The van der Waals surface area contributed by atoms with Gasteiger partial charge < -0.3 is 19.5 Å². The predicted molar refractivity (Wildman–Crippen MR) is 218 cm³/mol. The maximum absolute atomic E-state index is 13.3. The highest BCUT2D eigenvalue weighted by Gasteiger charge is 2.22. The van der Waals surface area contributed by atoms with Gasteiger partial charge >= 0.3 is 11.9 Å². The van der Waals surface area contributed by atoms with Crippen LogP contribution in [0.3, 0.4) is 0 Å². The summed E-state index contributed by atoms with van der Waals surface area (Å²) in [6.45, 7) is 12.2. The van der Waals surface area contributed by atoms with Crippen molar-refractivity contribution in [3.05, 3.63) is 0 Å². The molecule has 0 amide bonds. The second-order valence-corrected chi connectivity index (χ2v) is 15.9. The first-order chi connectivity index (χ1) is 24.9. The van der Waals surface area contributed by atoms with Crippen molar-refractivity contribution in [2.45, 2.75) is 220 Å². The van der Waals surface area contributed by atoms with Gasteiger partial charge in [-0.1, -0.05) is 156 Å². The van der Waals surface area contributed by atoms with Crippen molar-refractivity contribution in [2.24, 2.45) is 17.8 Å². The fourth-order valence-corrected chi connectivity index (χ4v) is 7.31. The molecule has 0 aromatic heterocycles. The topological polar surface area (TPSA) is 76.1 Å². The summed E-state index contributed by atoms with van der Waals surface area (Å²) in [5.74, 6) is 0.435. The van der Waals surface area contributed by atoms with Gasteiger partial charge in [-0.2, -0.15) is 0 Å². The lowest BCUT2D eigenvalue weighted by Gasteiger charge is -2.22. The van der Waals surface area contributed by atoms with E-state index >= 15 is 0 Å². The van der Waals surface area contributed by atoms with E-state index in [1.165, 1.54) is 103 Å². The summed E-state index contributed by atoms with van der Waals surface area (Å²) in [5.41, 5.74) is 0. The number of nitrogens with zero attached hydrogens (tertiary/aromatic N) is 1. The second kappa shape index (κ2) is 38.6. The number of aliphatic hydroxyl groups is 1. The van der Waals surface area contributed by atoms with Gasteiger partial charge in [-0.15, -0.1) is 0 Å². The van der Waals surface area contributed by atoms with E-state index in [1.54, 1.807) is 0 Å². The number of esters is 2. The molecule has 0 aliphatic heterocycles. The lowest BCUT2D eigenvalue weighted by molar-refractivity contribution is -0.149. The number of hydrogen-bond donors (Lipinski definition) is 1. The standard InChI is InChI=1S/C45H89NO5/c1-6-10-14-18-20-24-32-42(30-22-16-12-8-3)44(48)50-39-34-41(29-28-37-46(5)36-26-27-38-47)35-40-51-45(49)43(31-23-17-13-9-4)33-25-21-19-15-11-7-2/h41-43,47H,6-40H2,1-5H3. The summed E-state index contributed by atoms with van der Waals surface area (Å²) in [7, 11) is 2.16. The largest absolute Gasteiger partial charge is 0.465 e. The highest BCUT2D eigenvalue weighted by atomic mass is 16.5. The molecule has 0 saturated carbocycles. The maximum Gasteiger partial charge on any atom is 0.308 e. The molecule has 0 fully saturated rings. The van der Waals surface area contributed by atoms with Gasteiger partial charge in [0.1, 0.15) is 0 Å². The van der Waals surface area contributed by atoms with E-state index in [1.807, 2.05) is 0 Å². The van der Waals surface area contributed by atoms with Gasteiger partial charge in [-0.05, 0) is 90.3 Å². The monoisotopic (exact) mass is 724 g/mol. The van der Waals surface area contributed by atoms with E-state index in [2.05, 4.69) is 39.6 Å². The number of carbonyl (C=O) groups is 2. The average Bonchev–Trinajstić information content (AvgIpc) is 3.12. The molecular formula is C45H89NO5. The third-order valence-corrected chi connectivity index (χ3v) is 10.9. The van der Waals surface area contributed by atoms with Crippen molar-refractivity contribution >= 4 is 11.9 Å². The summed E-state index contributed by atoms with van der Waals surface area (Å²) in [5, 5.41) is 9.14. The molecule has 0 heterocycles. The third-order valence-electron chi connectivity index (χ3n) is 10.9. The Kier molecular flexibility index (Phi) is 37.7. The summed E-state index contributed by atoms with van der Waals surface area (Å²) in [6.07, 6.45) is 33.9. The first-order valence-corrected chi connectivity index (χ1v) is 22.6. The molecule has 304 valence electrons. The smallest absolute Gasteiger partial charge is 0.308 e. The van der Waals surface area contributed by atoms with Crippen LogP contribution in [0.25, 0.3) is 0 Å². The number of hydrogen-bond acceptors (Lipinski definition) is 6.